The number of pyridine rings is 1. The van der Waals surface area contributed by atoms with E-state index in [1.807, 2.05) is 0 Å². The van der Waals surface area contributed by atoms with Crippen molar-refractivity contribution >= 4 is 11.9 Å². The van der Waals surface area contributed by atoms with E-state index in [0.717, 1.165) is 25.8 Å². The van der Waals surface area contributed by atoms with Gasteiger partial charge in [-0.25, -0.2) is 4.79 Å². The lowest BCUT2D eigenvalue weighted by Gasteiger charge is -2.26. The SMILES string of the molecule is CCCC1(C(=O)NCc2cc(C(=O)O)ccn2)CCNC1. The number of carboxylic acids is 1. The minimum absolute atomic E-state index is 0.0249. The molecule has 1 amide bonds. The number of hydrogen-bond acceptors (Lipinski definition) is 4. The van der Waals surface area contributed by atoms with Crippen LogP contribution < -0.4 is 10.6 Å². The van der Waals surface area contributed by atoms with Gasteiger partial charge in [-0.15, -0.1) is 0 Å². The summed E-state index contributed by atoms with van der Waals surface area (Å²) in [5.41, 5.74) is 0.403. The van der Waals surface area contributed by atoms with E-state index in [2.05, 4.69) is 22.5 Å². The van der Waals surface area contributed by atoms with Crippen LogP contribution in [0.5, 0.6) is 0 Å². The molecule has 1 aromatic heterocycles. The Kier molecular flexibility index (Phi) is 4.90. The van der Waals surface area contributed by atoms with Crippen molar-refractivity contribution in [3.63, 3.8) is 0 Å². The fourth-order valence-corrected chi connectivity index (χ4v) is 2.81. The van der Waals surface area contributed by atoms with Gasteiger partial charge in [-0.05, 0) is 31.5 Å². The zero-order valence-electron chi connectivity index (χ0n) is 12.2. The number of carbonyl (C=O) groups is 2. The van der Waals surface area contributed by atoms with Crippen LogP contribution in [0.25, 0.3) is 0 Å². The highest BCUT2D eigenvalue weighted by molar-refractivity contribution is 5.87. The fourth-order valence-electron chi connectivity index (χ4n) is 2.81. The van der Waals surface area contributed by atoms with Crippen molar-refractivity contribution in [1.82, 2.24) is 15.6 Å². The van der Waals surface area contributed by atoms with Gasteiger partial charge in [0, 0.05) is 12.7 Å². The number of nitrogens with one attached hydrogen (secondary N) is 2. The average molecular weight is 291 g/mol. The lowest BCUT2D eigenvalue weighted by Crippen LogP contribution is -2.42. The number of rotatable bonds is 6. The van der Waals surface area contributed by atoms with Crippen LogP contribution in [-0.4, -0.2) is 35.1 Å². The summed E-state index contributed by atoms with van der Waals surface area (Å²) in [6.07, 6.45) is 4.11. The summed E-state index contributed by atoms with van der Waals surface area (Å²) in [6, 6.07) is 2.93. The summed E-state index contributed by atoms with van der Waals surface area (Å²) in [4.78, 5) is 27.5. The summed E-state index contributed by atoms with van der Waals surface area (Å²) in [6.45, 7) is 3.89. The topological polar surface area (TPSA) is 91.3 Å². The molecule has 1 aliphatic heterocycles. The molecule has 6 nitrogen and oxygen atoms in total. The molecule has 1 unspecified atom stereocenters. The Morgan fingerprint density at radius 1 is 1.52 bits per heavy atom. The van der Waals surface area contributed by atoms with Gasteiger partial charge in [0.05, 0.1) is 23.2 Å². The number of carbonyl (C=O) groups excluding carboxylic acids is 1. The number of amides is 1. The number of nitrogens with zero attached hydrogens (tertiary/aromatic N) is 1. The standard InChI is InChI=1S/C15H21N3O3/c1-2-4-15(5-7-16-10-15)14(21)18-9-12-8-11(13(19)20)3-6-17-12/h3,6,8,16H,2,4-5,7,9-10H2,1H3,(H,18,21)(H,19,20). The molecule has 0 aliphatic carbocycles. The van der Waals surface area contributed by atoms with Crippen molar-refractivity contribution < 1.29 is 14.7 Å². The molecule has 114 valence electrons. The van der Waals surface area contributed by atoms with E-state index in [4.69, 9.17) is 5.11 Å². The molecule has 1 aliphatic rings. The molecule has 0 spiro atoms. The van der Waals surface area contributed by atoms with E-state index >= 15 is 0 Å². The van der Waals surface area contributed by atoms with Gasteiger partial charge >= 0.3 is 5.97 Å². The van der Waals surface area contributed by atoms with Crippen molar-refractivity contribution in [1.29, 1.82) is 0 Å². The van der Waals surface area contributed by atoms with Gasteiger partial charge < -0.3 is 15.7 Å². The molecule has 2 rings (SSSR count). The van der Waals surface area contributed by atoms with E-state index in [9.17, 15) is 9.59 Å². The second-order valence-corrected chi connectivity index (χ2v) is 5.48. The minimum Gasteiger partial charge on any atom is -0.478 e. The van der Waals surface area contributed by atoms with Crippen LogP contribution in [0.3, 0.4) is 0 Å². The van der Waals surface area contributed by atoms with Gasteiger partial charge in [-0.3, -0.25) is 9.78 Å². The quantitative estimate of drug-likeness (QED) is 0.732. The molecule has 2 heterocycles. The smallest absolute Gasteiger partial charge is 0.335 e. The first-order valence-corrected chi connectivity index (χ1v) is 7.25. The van der Waals surface area contributed by atoms with Crippen molar-refractivity contribution in [2.75, 3.05) is 13.1 Å². The first kappa shape index (κ1) is 15.4. The highest BCUT2D eigenvalue weighted by atomic mass is 16.4. The monoisotopic (exact) mass is 291 g/mol. The Labute approximate surface area is 124 Å². The molecule has 0 radical (unpaired) electrons. The second kappa shape index (κ2) is 6.67. The highest BCUT2D eigenvalue weighted by Gasteiger charge is 2.39. The zero-order valence-corrected chi connectivity index (χ0v) is 12.2. The first-order valence-electron chi connectivity index (χ1n) is 7.25. The predicted octanol–water partition coefficient (Wildman–Crippen LogP) is 1.18. The van der Waals surface area contributed by atoms with Crippen LogP contribution in [0, 0.1) is 5.41 Å². The molecule has 3 N–H and O–H groups in total. The summed E-state index contributed by atoms with van der Waals surface area (Å²) in [7, 11) is 0. The molecule has 0 aromatic carbocycles. The molecule has 21 heavy (non-hydrogen) atoms. The minimum atomic E-state index is -0.993. The Balaban J connectivity index is 2.00. The van der Waals surface area contributed by atoms with Crippen molar-refractivity contribution in [3.8, 4) is 0 Å². The predicted molar refractivity (Wildman–Crippen MR) is 77.9 cm³/mol. The third-order valence-electron chi connectivity index (χ3n) is 3.95. The molecule has 1 fully saturated rings. The molecular formula is C15H21N3O3. The Bertz CT molecular complexity index is 525. The number of hydrogen-bond donors (Lipinski definition) is 3. The molecule has 1 atom stereocenters. The molecule has 0 bridgehead atoms. The maximum Gasteiger partial charge on any atom is 0.335 e. The van der Waals surface area contributed by atoms with Gasteiger partial charge in [0.2, 0.25) is 5.91 Å². The van der Waals surface area contributed by atoms with Crippen LogP contribution in [0.4, 0.5) is 0 Å². The van der Waals surface area contributed by atoms with Crippen molar-refractivity contribution in [2.24, 2.45) is 5.41 Å². The van der Waals surface area contributed by atoms with Crippen LogP contribution in [0.1, 0.15) is 42.2 Å². The molecule has 1 saturated heterocycles. The molecule has 1 aromatic rings. The van der Waals surface area contributed by atoms with Gasteiger partial charge in [0.25, 0.3) is 0 Å². The lowest BCUT2D eigenvalue weighted by atomic mass is 9.81. The molecular weight excluding hydrogens is 270 g/mol. The average Bonchev–Trinajstić information content (AvgIpc) is 2.95. The van der Waals surface area contributed by atoms with Gasteiger partial charge in [-0.1, -0.05) is 13.3 Å². The van der Waals surface area contributed by atoms with E-state index in [0.29, 0.717) is 12.2 Å². The normalized spacial score (nSPS) is 21.2. The second-order valence-electron chi connectivity index (χ2n) is 5.48. The van der Waals surface area contributed by atoms with Crippen molar-refractivity contribution in [2.45, 2.75) is 32.7 Å². The summed E-state index contributed by atoms with van der Waals surface area (Å²) < 4.78 is 0. The third-order valence-corrected chi connectivity index (χ3v) is 3.95. The van der Waals surface area contributed by atoms with E-state index in [1.165, 1.54) is 18.3 Å². The Hall–Kier alpha value is -1.95. The van der Waals surface area contributed by atoms with Crippen LogP contribution in [-0.2, 0) is 11.3 Å². The molecule has 0 saturated carbocycles. The van der Waals surface area contributed by atoms with E-state index < -0.39 is 5.97 Å². The first-order chi connectivity index (χ1) is 10.1. The van der Waals surface area contributed by atoms with Crippen LogP contribution in [0.15, 0.2) is 18.3 Å². The van der Waals surface area contributed by atoms with Gasteiger partial charge in [0.15, 0.2) is 0 Å². The summed E-state index contributed by atoms with van der Waals surface area (Å²) in [5.74, 6) is -0.968. The fraction of sp³-hybridized carbons (Fsp3) is 0.533. The van der Waals surface area contributed by atoms with E-state index in [-0.39, 0.29) is 23.4 Å². The maximum absolute atomic E-state index is 12.5. The summed E-state index contributed by atoms with van der Waals surface area (Å²) in [5, 5.41) is 15.1. The van der Waals surface area contributed by atoms with E-state index in [1.54, 1.807) is 0 Å². The van der Waals surface area contributed by atoms with Gasteiger partial charge in [-0.2, -0.15) is 0 Å². The van der Waals surface area contributed by atoms with Gasteiger partial charge in [0.1, 0.15) is 0 Å². The molecule has 6 heteroatoms. The number of aromatic carboxylic acids is 1. The van der Waals surface area contributed by atoms with Crippen LogP contribution in [0.2, 0.25) is 0 Å². The van der Waals surface area contributed by atoms with Crippen molar-refractivity contribution in [3.05, 3.63) is 29.6 Å². The Morgan fingerprint density at radius 3 is 2.95 bits per heavy atom. The highest BCUT2D eigenvalue weighted by Crippen LogP contribution is 2.31. The maximum atomic E-state index is 12.5. The Morgan fingerprint density at radius 2 is 2.33 bits per heavy atom. The lowest BCUT2D eigenvalue weighted by molar-refractivity contribution is -0.130. The zero-order chi connectivity index (χ0) is 15.3. The number of carboxylic acid groups (broad SMARTS) is 1. The summed E-state index contributed by atoms with van der Waals surface area (Å²) >= 11 is 0. The number of aromatic nitrogens is 1. The van der Waals surface area contributed by atoms with Crippen LogP contribution >= 0.6 is 0 Å². The largest absolute Gasteiger partial charge is 0.478 e. The third kappa shape index (κ3) is 3.58.